The highest BCUT2D eigenvalue weighted by atomic mass is 16.2. The Bertz CT molecular complexity index is 865. The number of quaternary nitrogens is 1. The van der Waals surface area contributed by atoms with Gasteiger partial charge in [-0.05, 0) is 60.8 Å². The molecule has 1 saturated heterocycles. The maximum Gasteiger partial charge on any atom is 0.254 e. The van der Waals surface area contributed by atoms with Crippen molar-refractivity contribution in [2.75, 3.05) is 26.2 Å². The van der Waals surface area contributed by atoms with Gasteiger partial charge in [0.05, 0.1) is 32.2 Å². The molecule has 1 amide bonds. The molecule has 7 rings (SSSR count). The molecule has 0 unspecified atom stereocenters. The molecule has 0 aromatic heterocycles. The summed E-state index contributed by atoms with van der Waals surface area (Å²) in [6.45, 7) is 4.12. The number of amides is 1. The molecule has 146 valence electrons. The van der Waals surface area contributed by atoms with Gasteiger partial charge in [-0.2, -0.15) is 0 Å². The molecule has 4 saturated carbocycles. The van der Waals surface area contributed by atoms with Gasteiger partial charge in [-0.25, -0.2) is 0 Å². The normalized spacial score (nSPS) is 34.9. The van der Waals surface area contributed by atoms with E-state index in [1.54, 1.807) is 0 Å². The summed E-state index contributed by atoms with van der Waals surface area (Å²) in [6.07, 6.45) is 7.53. The lowest BCUT2D eigenvalue weighted by Crippen LogP contribution is -3.20. The lowest BCUT2D eigenvalue weighted by Gasteiger charge is -2.56. The molecular formula is C25H31N2O+. The van der Waals surface area contributed by atoms with Crippen molar-refractivity contribution in [2.45, 2.75) is 38.1 Å². The fourth-order valence-electron chi connectivity index (χ4n) is 7.50. The lowest BCUT2D eigenvalue weighted by atomic mass is 9.54. The molecule has 3 heteroatoms. The maximum atomic E-state index is 13.3. The van der Waals surface area contributed by atoms with Crippen LogP contribution in [0.4, 0.5) is 0 Å². The Balaban J connectivity index is 1.17. The molecule has 1 N–H and O–H groups in total. The van der Waals surface area contributed by atoms with E-state index in [2.05, 4.69) is 23.1 Å². The van der Waals surface area contributed by atoms with Crippen molar-refractivity contribution in [2.24, 2.45) is 23.7 Å². The molecular weight excluding hydrogens is 344 g/mol. The second-order valence-electron chi connectivity index (χ2n) is 9.93. The minimum Gasteiger partial charge on any atom is -0.329 e. The van der Waals surface area contributed by atoms with E-state index >= 15 is 0 Å². The summed E-state index contributed by atoms with van der Waals surface area (Å²) in [5.74, 6) is 4.28. The predicted molar refractivity (Wildman–Crippen MR) is 111 cm³/mol. The van der Waals surface area contributed by atoms with Crippen LogP contribution in [-0.4, -0.2) is 43.0 Å². The number of nitrogens with one attached hydrogen (secondary N) is 1. The van der Waals surface area contributed by atoms with Crippen molar-refractivity contribution in [1.82, 2.24) is 4.90 Å². The van der Waals surface area contributed by atoms with Gasteiger partial charge in [-0.3, -0.25) is 4.79 Å². The van der Waals surface area contributed by atoms with E-state index in [0.717, 1.165) is 72.2 Å². The quantitative estimate of drug-likeness (QED) is 0.858. The summed E-state index contributed by atoms with van der Waals surface area (Å²) in [6, 6.07) is 15.3. The third-order valence-corrected chi connectivity index (χ3v) is 8.41. The summed E-state index contributed by atoms with van der Waals surface area (Å²) in [5, 5.41) is 2.25. The summed E-state index contributed by atoms with van der Waals surface area (Å²) in [4.78, 5) is 17.2. The molecule has 2 aromatic rings. The molecule has 28 heavy (non-hydrogen) atoms. The molecule has 1 aliphatic heterocycles. The van der Waals surface area contributed by atoms with E-state index in [1.807, 2.05) is 29.2 Å². The number of rotatable bonds is 2. The smallest absolute Gasteiger partial charge is 0.254 e. The molecule has 3 nitrogen and oxygen atoms in total. The number of fused-ring (bicyclic) bond motifs is 1. The summed E-state index contributed by atoms with van der Waals surface area (Å²) >= 11 is 0. The van der Waals surface area contributed by atoms with E-state index in [0.29, 0.717) is 0 Å². The zero-order valence-electron chi connectivity index (χ0n) is 16.6. The van der Waals surface area contributed by atoms with Crippen molar-refractivity contribution >= 4 is 16.7 Å². The molecule has 0 radical (unpaired) electrons. The zero-order valence-corrected chi connectivity index (χ0v) is 16.6. The molecule has 4 aliphatic carbocycles. The van der Waals surface area contributed by atoms with E-state index in [1.165, 1.54) is 32.1 Å². The third-order valence-electron chi connectivity index (χ3n) is 8.41. The van der Waals surface area contributed by atoms with Crippen LogP contribution < -0.4 is 4.90 Å². The first-order chi connectivity index (χ1) is 13.8. The standard InChI is InChI=1S/C25H30N2O/c28-25(23-7-3-5-19-4-1-2-6-22(19)23)27-10-8-26(9-11-27)24-20-13-17-12-18(15-20)16-21(24)14-17/h1-7,17-18,20-21,24H,8-16H2/p+1. The van der Waals surface area contributed by atoms with Crippen LogP contribution in [0, 0.1) is 23.7 Å². The van der Waals surface area contributed by atoms with Crippen LogP contribution in [0.25, 0.3) is 10.8 Å². The molecule has 0 spiro atoms. The van der Waals surface area contributed by atoms with Crippen LogP contribution >= 0.6 is 0 Å². The molecule has 2 aromatic carbocycles. The van der Waals surface area contributed by atoms with Crippen molar-refractivity contribution in [3.05, 3.63) is 48.0 Å². The van der Waals surface area contributed by atoms with Gasteiger partial charge in [0.15, 0.2) is 0 Å². The SMILES string of the molecule is O=C(c1cccc2ccccc12)N1CC[NH+](C2C3CC4CC(C3)CC2C4)CC1. The molecule has 1 heterocycles. The third kappa shape index (κ3) is 2.70. The van der Waals surface area contributed by atoms with Crippen LogP contribution in [0.3, 0.4) is 0 Å². The highest BCUT2D eigenvalue weighted by Crippen LogP contribution is 2.53. The van der Waals surface area contributed by atoms with E-state index < -0.39 is 0 Å². The van der Waals surface area contributed by atoms with E-state index in [-0.39, 0.29) is 5.91 Å². The van der Waals surface area contributed by atoms with Crippen LogP contribution in [0.5, 0.6) is 0 Å². The molecule has 4 bridgehead atoms. The first-order valence-corrected chi connectivity index (χ1v) is 11.4. The van der Waals surface area contributed by atoms with Gasteiger partial charge < -0.3 is 9.80 Å². The first kappa shape index (κ1) is 17.0. The average molecular weight is 376 g/mol. The lowest BCUT2D eigenvalue weighted by molar-refractivity contribution is -0.939. The van der Waals surface area contributed by atoms with Gasteiger partial charge in [0.1, 0.15) is 0 Å². The van der Waals surface area contributed by atoms with Gasteiger partial charge in [-0.1, -0.05) is 36.4 Å². The van der Waals surface area contributed by atoms with Crippen LogP contribution in [0.1, 0.15) is 42.5 Å². The van der Waals surface area contributed by atoms with Gasteiger partial charge >= 0.3 is 0 Å². The number of hydrogen-bond acceptors (Lipinski definition) is 1. The summed E-state index contributed by atoms with van der Waals surface area (Å²) < 4.78 is 0. The first-order valence-electron chi connectivity index (χ1n) is 11.4. The molecule has 5 fully saturated rings. The number of nitrogens with zero attached hydrogens (tertiary/aromatic N) is 1. The number of carbonyl (C=O) groups is 1. The van der Waals surface area contributed by atoms with Crippen LogP contribution in [0.15, 0.2) is 42.5 Å². The Kier molecular flexibility index (Phi) is 4.01. The summed E-state index contributed by atoms with van der Waals surface area (Å²) in [5.41, 5.74) is 0.871. The van der Waals surface area contributed by atoms with Gasteiger partial charge in [0.25, 0.3) is 5.91 Å². The highest BCUT2D eigenvalue weighted by molar-refractivity contribution is 6.07. The fourth-order valence-corrected chi connectivity index (χ4v) is 7.50. The van der Waals surface area contributed by atoms with Crippen molar-refractivity contribution < 1.29 is 9.69 Å². The zero-order chi connectivity index (χ0) is 18.7. The van der Waals surface area contributed by atoms with Crippen molar-refractivity contribution in [3.63, 3.8) is 0 Å². The Morgan fingerprint density at radius 2 is 1.46 bits per heavy atom. The van der Waals surface area contributed by atoms with E-state index in [9.17, 15) is 4.79 Å². The minimum atomic E-state index is 0.223. The average Bonchev–Trinajstić information content (AvgIpc) is 2.72. The fraction of sp³-hybridized carbons (Fsp3) is 0.560. The van der Waals surface area contributed by atoms with E-state index in [4.69, 9.17) is 0 Å². The number of benzene rings is 2. The minimum absolute atomic E-state index is 0.223. The molecule has 0 atom stereocenters. The number of carbonyl (C=O) groups excluding carboxylic acids is 1. The van der Waals surface area contributed by atoms with Gasteiger partial charge in [0, 0.05) is 17.4 Å². The van der Waals surface area contributed by atoms with Crippen LogP contribution in [-0.2, 0) is 0 Å². The molecule has 5 aliphatic rings. The number of hydrogen-bond donors (Lipinski definition) is 1. The number of piperazine rings is 1. The Morgan fingerprint density at radius 3 is 2.18 bits per heavy atom. The van der Waals surface area contributed by atoms with Gasteiger partial charge in [0.2, 0.25) is 0 Å². The largest absolute Gasteiger partial charge is 0.329 e. The summed E-state index contributed by atoms with van der Waals surface area (Å²) in [7, 11) is 0. The highest BCUT2D eigenvalue weighted by Gasteiger charge is 2.52. The maximum absolute atomic E-state index is 13.3. The predicted octanol–water partition coefficient (Wildman–Crippen LogP) is 3.01. The second kappa shape index (κ2) is 6.59. The topological polar surface area (TPSA) is 24.8 Å². The Morgan fingerprint density at radius 1 is 0.821 bits per heavy atom. The Hall–Kier alpha value is -1.87. The van der Waals surface area contributed by atoms with Gasteiger partial charge in [-0.15, -0.1) is 0 Å². The second-order valence-corrected chi connectivity index (χ2v) is 9.93. The Labute approximate surface area is 167 Å². The van der Waals surface area contributed by atoms with Crippen molar-refractivity contribution in [3.8, 4) is 0 Å². The van der Waals surface area contributed by atoms with Crippen molar-refractivity contribution in [1.29, 1.82) is 0 Å². The monoisotopic (exact) mass is 375 g/mol. The van der Waals surface area contributed by atoms with Crippen LogP contribution in [0.2, 0.25) is 0 Å².